The van der Waals surface area contributed by atoms with Gasteiger partial charge in [0.15, 0.2) is 0 Å². The Labute approximate surface area is 190 Å². The lowest BCUT2D eigenvalue weighted by atomic mass is 10.1. The van der Waals surface area contributed by atoms with E-state index in [4.69, 9.17) is 30.1 Å². The van der Waals surface area contributed by atoms with Crippen LogP contribution in [-0.4, -0.2) is 79.2 Å². The van der Waals surface area contributed by atoms with Gasteiger partial charge >= 0.3 is 5.97 Å². The van der Waals surface area contributed by atoms with E-state index in [2.05, 4.69) is 38.4 Å². The predicted octanol–water partition coefficient (Wildman–Crippen LogP) is 3.88. The second kappa shape index (κ2) is 13.0. The monoisotopic (exact) mass is 461 g/mol. The van der Waals surface area contributed by atoms with E-state index in [1.165, 1.54) is 0 Å². The maximum atomic E-state index is 12.8. The summed E-state index contributed by atoms with van der Waals surface area (Å²) in [5.41, 5.74) is -0.867. The first-order valence-electron chi connectivity index (χ1n) is 11.5. The van der Waals surface area contributed by atoms with Gasteiger partial charge in [-0.2, -0.15) is 5.26 Å². The number of nitrogens with zero attached hydrogens (tertiary/aromatic N) is 2. The zero-order valence-electron chi connectivity index (χ0n) is 21.3. The molecule has 0 aromatic carbocycles. The molecule has 0 amide bonds. The zero-order chi connectivity index (χ0) is 24.5. The molecule has 3 unspecified atom stereocenters. The first-order chi connectivity index (χ1) is 15.0. The van der Waals surface area contributed by atoms with E-state index in [0.717, 1.165) is 0 Å². The van der Waals surface area contributed by atoms with Crippen molar-refractivity contribution in [2.75, 3.05) is 26.5 Å². The lowest BCUT2D eigenvalue weighted by Gasteiger charge is -2.39. The van der Waals surface area contributed by atoms with E-state index in [0.29, 0.717) is 13.2 Å². The zero-order valence-corrected chi connectivity index (χ0v) is 21.2. The molecule has 1 aliphatic heterocycles. The molecule has 180 valence electrons. The van der Waals surface area contributed by atoms with E-state index >= 15 is 0 Å². The Morgan fingerprint density at radius 1 is 1.23 bits per heavy atom. The molecule has 1 rings (SSSR count). The summed E-state index contributed by atoms with van der Waals surface area (Å²) >= 11 is 0. The summed E-state index contributed by atoms with van der Waals surface area (Å²) in [6.45, 7) is 14.5. The fourth-order valence-corrected chi connectivity index (χ4v) is 5.84. The van der Waals surface area contributed by atoms with Crippen LogP contribution in [-0.2, 0) is 28.3 Å². The topological polar surface area (TPSA) is 90.2 Å². The molecule has 0 N–H and O–H groups in total. The fourth-order valence-electron chi connectivity index (χ4n) is 3.64. The summed E-state index contributed by atoms with van der Waals surface area (Å²) in [4.78, 5) is 12.8. The number of hydrogen-bond donors (Lipinski definition) is 0. The second-order valence-electron chi connectivity index (χ2n) is 8.92. The molecule has 0 aromatic rings. The smallest absolute Gasteiger partial charge is 0.314 e. The van der Waals surface area contributed by atoms with Gasteiger partial charge in [-0.05, 0) is 55.4 Å². The molecule has 1 heterocycles. The Morgan fingerprint density at radius 2 is 1.87 bits per heavy atom. The van der Waals surface area contributed by atoms with Crippen molar-refractivity contribution < 1.29 is 29.6 Å². The van der Waals surface area contributed by atoms with E-state index < -0.39 is 32.1 Å². The third kappa shape index (κ3) is 8.92. The van der Waals surface area contributed by atoms with E-state index in [1.807, 2.05) is 6.92 Å². The number of nitriles is 1. The molecular weight excluding hydrogens is 419 g/mol. The molecule has 0 saturated carbocycles. The number of esters is 1. The molecule has 0 aliphatic carbocycles. The average molecular weight is 462 g/mol. The number of methoxy groups -OCH3 is 1. The Balaban J connectivity index is 3.11. The average Bonchev–Trinajstić information content (AvgIpc) is 2.95. The molecule has 0 bridgehead atoms. The third-order valence-electron chi connectivity index (χ3n) is 4.86. The minimum Gasteiger partial charge on any atom is -0.458 e. The Bertz CT molecular complexity index is 608. The number of rotatable bonds is 13. The fraction of sp³-hybridized carbons (Fsp3) is 0.909. The minimum absolute atomic E-state index is 0.0331. The van der Waals surface area contributed by atoms with Crippen molar-refractivity contribution in [3.8, 4) is 6.07 Å². The van der Waals surface area contributed by atoms with E-state index in [9.17, 15) is 4.79 Å². The summed E-state index contributed by atoms with van der Waals surface area (Å²) in [7, 11) is 0.200. The minimum atomic E-state index is -1.41. The Morgan fingerprint density at radius 3 is 2.39 bits per heavy atom. The Kier molecular flexibility index (Phi) is 11.1. The number of carbonyl (C=O) groups excluding carboxylic acids is 1. The molecule has 0 spiro atoms. The maximum Gasteiger partial charge on any atom is 0.314 e. The van der Waals surface area contributed by atoms with E-state index in [-0.39, 0.29) is 43.8 Å². The molecule has 1 aliphatic rings. The van der Waals surface area contributed by atoms with Gasteiger partial charge in [0.05, 0.1) is 37.9 Å². The van der Waals surface area contributed by atoms with Crippen molar-refractivity contribution in [1.82, 2.24) is 4.67 Å². The molecule has 31 heavy (non-hydrogen) atoms. The molecule has 5 atom stereocenters. The highest BCUT2D eigenvalue weighted by Crippen LogP contribution is 2.48. The van der Waals surface area contributed by atoms with Crippen LogP contribution in [0.5, 0.6) is 0 Å². The van der Waals surface area contributed by atoms with E-state index in [1.54, 1.807) is 21.0 Å². The molecule has 8 nitrogen and oxygen atoms in total. The van der Waals surface area contributed by atoms with Crippen LogP contribution < -0.4 is 0 Å². The quantitative estimate of drug-likeness (QED) is 0.232. The Hall–Kier alpha value is -0.810. The highest BCUT2D eigenvalue weighted by molar-refractivity contribution is 7.51. The lowest BCUT2D eigenvalue weighted by Crippen LogP contribution is -2.41. The van der Waals surface area contributed by atoms with Crippen LogP contribution in [0.4, 0.5) is 0 Å². The van der Waals surface area contributed by atoms with Crippen LogP contribution in [0.3, 0.4) is 0 Å². The van der Waals surface area contributed by atoms with Gasteiger partial charge in [-0.25, -0.2) is 0 Å². The SMILES string of the molecule is [2H]C[C@H]1O[C@@H](C)C(OCCOC)C1OP(CC(=O)OC(C)(C)CC#N)N(C(C)C)C(C)C. The maximum absolute atomic E-state index is 12.8. The van der Waals surface area contributed by atoms with Crippen LogP contribution in [0.15, 0.2) is 0 Å². The van der Waals surface area contributed by atoms with Gasteiger partial charge in [0.1, 0.15) is 32.3 Å². The van der Waals surface area contributed by atoms with Gasteiger partial charge in [-0.1, -0.05) is 0 Å². The molecule has 0 radical (unpaired) electrons. The lowest BCUT2D eigenvalue weighted by molar-refractivity contribution is -0.152. The molecule has 0 aromatic heterocycles. The summed E-state index contributed by atoms with van der Waals surface area (Å²) in [6, 6.07) is 2.31. The van der Waals surface area contributed by atoms with Crippen molar-refractivity contribution in [2.45, 2.75) is 104 Å². The van der Waals surface area contributed by atoms with Gasteiger partial charge in [0, 0.05) is 20.6 Å². The summed E-state index contributed by atoms with van der Waals surface area (Å²) in [6.07, 6.45) is -1.36. The normalized spacial score (nSPS) is 25.7. The largest absolute Gasteiger partial charge is 0.458 e. The van der Waals surface area contributed by atoms with Gasteiger partial charge in [-0.15, -0.1) is 0 Å². The van der Waals surface area contributed by atoms with Crippen LogP contribution in [0.25, 0.3) is 0 Å². The standard InChI is InChI=1S/C22H41N2O6P/c1-15(2)24(16(3)4)31(14-19(25)29-22(7,8)10-11-23)30-21-18(6)28-17(5)20(21)27-13-12-26-9/h15-18,20-21H,10,12-14H2,1-9H3/t17-,18+,20?,21?,31?/m0/s1/i6D. The number of carbonyl (C=O) groups is 1. The summed E-state index contributed by atoms with van der Waals surface area (Å²) in [5.74, 6) is -0.408. The van der Waals surface area contributed by atoms with Gasteiger partial charge < -0.3 is 23.5 Å². The predicted molar refractivity (Wildman–Crippen MR) is 121 cm³/mol. The van der Waals surface area contributed by atoms with Crippen molar-refractivity contribution in [1.29, 1.82) is 5.26 Å². The van der Waals surface area contributed by atoms with Crippen molar-refractivity contribution in [3.05, 3.63) is 0 Å². The molecule has 1 fully saturated rings. The summed E-state index contributed by atoms with van der Waals surface area (Å²) in [5, 5.41) is 8.99. The van der Waals surface area contributed by atoms with Crippen molar-refractivity contribution in [2.24, 2.45) is 0 Å². The highest BCUT2D eigenvalue weighted by atomic mass is 31.2. The van der Waals surface area contributed by atoms with Crippen LogP contribution >= 0.6 is 8.30 Å². The summed E-state index contributed by atoms with van der Waals surface area (Å²) < 4.78 is 39.3. The second-order valence-corrected chi connectivity index (χ2v) is 10.6. The van der Waals surface area contributed by atoms with Crippen LogP contribution in [0.1, 0.15) is 63.2 Å². The first-order valence-corrected chi connectivity index (χ1v) is 12.2. The first kappa shape index (κ1) is 26.4. The number of ether oxygens (including phenoxy) is 4. The van der Waals surface area contributed by atoms with Crippen molar-refractivity contribution in [3.63, 3.8) is 0 Å². The van der Waals surface area contributed by atoms with Crippen LogP contribution in [0, 0.1) is 11.3 Å². The van der Waals surface area contributed by atoms with Crippen molar-refractivity contribution >= 4 is 14.3 Å². The third-order valence-corrected chi connectivity index (χ3v) is 7.31. The highest BCUT2D eigenvalue weighted by Gasteiger charge is 2.45. The van der Waals surface area contributed by atoms with Gasteiger partial charge in [-0.3, -0.25) is 9.46 Å². The number of hydrogen-bond acceptors (Lipinski definition) is 8. The van der Waals surface area contributed by atoms with Gasteiger partial charge in [0.2, 0.25) is 0 Å². The van der Waals surface area contributed by atoms with Gasteiger partial charge in [0.25, 0.3) is 0 Å². The molecular formula is C22H41N2O6P. The molecule has 1 saturated heterocycles. The van der Waals surface area contributed by atoms with Crippen LogP contribution in [0.2, 0.25) is 0 Å². The molecule has 9 heteroatoms.